The molecule has 0 rings (SSSR count). The maximum Gasteiger partial charge on any atom is 0.413 e. The van der Waals surface area contributed by atoms with Crippen molar-refractivity contribution in [2.45, 2.75) is 0 Å². The highest BCUT2D eigenvalue weighted by molar-refractivity contribution is 7.81. The molecule has 0 amide bonds. The molecule has 2 N–H and O–H groups in total. The summed E-state index contributed by atoms with van der Waals surface area (Å²) < 4.78 is 28.8. The molecule has 0 aliphatic rings. The third-order valence-corrected chi connectivity index (χ3v) is 0.716. The fourth-order valence-electron chi connectivity index (χ4n) is 0. The van der Waals surface area contributed by atoms with E-state index in [2.05, 4.69) is 15.6 Å². The van der Waals surface area contributed by atoms with Crippen molar-refractivity contribution >= 4 is 28.3 Å². The minimum absolute atomic E-state index is 0.750. The average Bonchev–Trinajstić information content (AvgIpc) is 1.67. The van der Waals surface area contributed by atoms with Gasteiger partial charge in [-0.3, -0.25) is 4.55 Å². The number of isocyanates is 1. The van der Waals surface area contributed by atoms with Crippen molar-refractivity contribution in [1.29, 1.82) is 5.41 Å². The topological polar surface area (TPSA) is 105 Å². The van der Waals surface area contributed by atoms with Crippen LogP contribution in [0.15, 0.2) is 0 Å². The number of hydrogen-bond acceptors (Lipinski definition) is 5. The van der Waals surface area contributed by atoms with Gasteiger partial charge in [0, 0.05) is 0 Å². The molecule has 0 heterocycles. The highest BCUT2D eigenvalue weighted by atomic mass is 35.5. The van der Waals surface area contributed by atoms with Gasteiger partial charge in [0.05, 0.1) is 11.9 Å². The first kappa shape index (κ1) is 11.4. The van der Waals surface area contributed by atoms with E-state index >= 15 is 0 Å². The molecule has 9 heavy (non-hydrogen) atoms. The normalized spacial score (nSPS) is 8.67. The van der Waals surface area contributed by atoms with Crippen LogP contribution in [0.3, 0.4) is 0 Å². The van der Waals surface area contributed by atoms with Gasteiger partial charge in [0.1, 0.15) is 0 Å². The summed E-state index contributed by atoms with van der Waals surface area (Å²) in [5.74, 6) is 0. The molecule has 0 aliphatic carbocycles. The van der Waals surface area contributed by atoms with Crippen LogP contribution in [0.2, 0.25) is 0 Å². The first-order valence-electron chi connectivity index (χ1n) is 1.29. The minimum atomic E-state index is -4.40. The van der Waals surface area contributed by atoms with Gasteiger partial charge < -0.3 is 0 Å². The van der Waals surface area contributed by atoms with Gasteiger partial charge in [0.2, 0.25) is 6.08 Å². The van der Waals surface area contributed by atoms with E-state index in [0.29, 0.717) is 0 Å². The van der Waals surface area contributed by atoms with Gasteiger partial charge >= 0.3 is 10.4 Å². The predicted octanol–water partition coefficient (Wildman–Crippen LogP) is -0.139. The highest BCUT2D eigenvalue weighted by Gasteiger charge is 1.97. The molecular weight excluding hydrogens is 174 g/mol. The van der Waals surface area contributed by atoms with Crippen molar-refractivity contribution in [3.8, 4) is 0 Å². The maximum atomic E-state index is 9.20. The molecule has 0 fully saturated rings. The summed E-state index contributed by atoms with van der Waals surface area (Å²) >= 11 is 4.14. The Kier molecular flexibility index (Phi) is 7.15. The van der Waals surface area contributed by atoms with Crippen molar-refractivity contribution in [2.24, 2.45) is 0 Å². The summed E-state index contributed by atoms with van der Waals surface area (Å²) in [5.41, 5.74) is 0. The zero-order valence-electron chi connectivity index (χ0n) is 3.87. The summed E-state index contributed by atoms with van der Waals surface area (Å²) in [6.07, 6.45) is 0.750. The zero-order chi connectivity index (χ0) is 7.91. The Morgan fingerprint density at radius 1 is 1.67 bits per heavy atom. The predicted molar refractivity (Wildman–Crippen MR) is 26.9 cm³/mol. The second-order valence-electron chi connectivity index (χ2n) is 0.593. The van der Waals surface area contributed by atoms with Crippen molar-refractivity contribution in [2.75, 3.05) is 0 Å². The summed E-state index contributed by atoms with van der Waals surface area (Å²) in [5, 5.41) is 5.40. The molecule has 6 nitrogen and oxygen atoms in total. The largest absolute Gasteiger partial charge is 0.413 e. The van der Waals surface area contributed by atoms with E-state index in [4.69, 9.17) is 14.8 Å². The van der Waals surface area contributed by atoms with Crippen LogP contribution in [0.5, 0.6) is 0 Å². The molecule has 0 atom stereocenters. The van der Waals surface area contributed by atoms with Crippen molar-refractivity contribution in [3.63, 3.8) is 0 Å². The van der Waals surface area contributed by atoms with Gasteiger partial charge in [0.25, 0.3) is 0 Å². The third kappa shape index (κ3) is 35.9. The van der Waals surface area contributed by atoms with E-state index < -0.39 is 10.4 Å². The summed E-state index contributed by atoms with van der Waals surface area (Å²) in [7, 11) is -4.40. The smallest absolute Gasteiger partial charge is 0.263 e. The maximum absolute atomic E-state index is 9.20. The highest BCUT2D eigenvalue weighted by Crippen LogP contribution is 1.86. The number of hydrogen-bond donors (Lipinski definition) is 2. The first-order chi connectivity index (χ1) is 3.97. The quantitative estimate of drug-likeness (QED) is 0.328. The third-order valence-electron chi connectivity index (χ3n) is 0.0796. The summed E-state index contributed by atoms with van der Waals surface area (Å²) in [6.45, 7) is 0. The zero-order valence-corrected chi connectivity index (χ0v) is 5.44. The Morgan fingerprint density at radius 3 is 1.78 bits per heavy atom. The number of carbonyl (C=O) groups excluding carboxylic acids is 1. The van der Waals surface area contributed by atoms with Crippen molar-refractivity contribution < 1.29 is 21.5 Å². The Bertz CT molecular complexity index is 177. The lowest BCUT2D eigenvalue weighted by Crippen LogP contribution is -1.92. The number of rotatable bonds is 1. The van der Waals surface area contributed by atoms with Crippen LogP contribution in [0.1, 0.15) is 0 Å². The standard InChI is InChI=1S/CHNO.ClHO4S/c2-1-3;1-5-6(2,3)4/h2H;(H,2,3,4). The van der Waals surface area contributed by atoms with Gasteiger partial charge in [0.15, 0.2) is 0 Å². The van der Waals surface area contributed by atoms with Crippen LogP contribution in [0, 0.1) is 5.41 Å². The lowest BCUT2D eigenvalue weighted by molar-refractivity contribution is 0.400. The van der Waals surface area contributed by atoms with Crippen LogP contribution in [0.4, 0.5) is 0 Å². The first-order valence-corrected chi connectivity index (χ1v) is 2.96. The van der Waals surface area contributed by atoms with Crippen LogP contribution in [-0.2, 0) is 18.9 Å². The molecule has 8 heteroatoms. The lowest BCUT2D eigenvalue weighted by Gasteiger charge is -1.77. The van der Waals surface area contributed by atoms with Gasteiger partial charge in [-0.15, -0.1) is 3.74 Å². The molecule has 0 radical (unpaired) electrons. The molecule has 0 spiro atoms. The van der Waals surface area contributed by atoms with Crippen molar-refractivity contribution in [1.82, 2.24) is 0 Å². The van der Waals surface area contributed by atoms with Gasteiger partial charge in [-0.25, -0.2) is 10.2 Å². The minimum Gasteiger partial charge on any atom is -0.263 e. The Morgan fingerprint density at radius 2 is 1.78 bits per heavy atom. The van der Waals surface area contributed by atoms with E-state index in [1.807, 2.05) is 0 Å². The van der Waals surface area contributed by atoms with Gasteiger partial charge in [-0.1, -0.05) is 0 Å². The summed E-state index contributed by atoms with van der Waals surface area (Å²) in [4.78, 5) is 8.35. The molecule has 54 valence electrons. The van der Waals surface area contributed by atoms with E-state index in [-0.39, 0.29) is 0 Å². The Labute approximate surface area is 56.0 Å². The molecule has 0 aromatic heterocycles. The van der Waals surface area contributed by atoms with Gasteiger partial charge in [-0.05, 0) is 0 Å². The molecule has 0 aromatic rings. The van der Waals surface area contributed by atoms with Crippen LogP contribution >= 0.6 is 11.9 Å². The van der Waals surface area contributed by atoms with Gasteiger partial charge in [-0.2, -0.15) is 8.42 Å². The average molecular weight is 176 g/mol. The van der Waals surface area contributed by atoms with Crippen LogP contribution < -0.4 is 0 Å². The van der Waals surface area contributed by atoms with Crippen LogP contribution in [0.25, 0.3) is 0 Å². The fourth-order valence-corrected chi connectivity index (χ4v) is 0. The molecule has 0 bridgehead atoms. The van der Waals surface area contributed by atoms with E-state index in [1.54, 1.807) is 0 Å². The number of nitrogens with one attached hydrogen (secondary N) is 1. The fraction of sp³-hybridized carbons (Fsp3) is 0. The van der Waals surface area contributed by atoms with E-state index in [0.717, 1.165) is 6.08 Å². The molecule has 0 aromatic carbocycles. The molecule has 0 unspecified atom stereocenters. The monoisotopic (exact) mass is 175 g/mol. The molecule has 0 saturated heterocycles. The summed E-state index contributed by atoms with van der Waals surface area (Å²) in [6, 6.07) is 0. The van der Waals surface area contributed by atoms with E-state index in [1.165, 1.54) is 0 Å². The lowest BCUT2D eigenvalue weighted by atomic mass is 11.7. The second-order valence-corrected chi connectivity index (χ2v) is 1.95. The van der Waals surface area contributed by atoms with E-state index in [9.17, 15) is 8.42 Å². The Hall–Kier alpha value is -0.460. The van der Waals surface area contributed by atoms with Crippen molar-refractivity contribution in [3.05, 3.63) is 0 Å². The Balaban J connectivity index is 0. The molecule has 0 aliphatic heterocycles. The number of halogens is 1. The SMILES string of the molecule is N=C=O.O=S(=O)(O)OCl. The van der Waals surface area contributed by atoms with Crippen LogP contribution in [-0.4, -0.2) is 19.1 Å². The molecular formula is CH2ClNO5S. The second kappa shape index (κ2) is 5.67. The molecule has 0 saturated carbocycles.